The summed E-state index contributed by atoms with van der Waals surface area (Å²) in [7, 11) is -3.58. The third-order valence-electron chi connectivity index (χ3n) is 6.98. The molecule has 0 aromatic heterocycles. The standard InChI is InChI=1S/C32H40FN3O4S/c1-5-25(3)34-32(38)30(22-26-12-7-6-8-13-26)35(23-27-16-18-28(33)19-17-27)31(37)15-10-20-36(41(4,39)40)29-14-9-11-24(2)21-29/h6-9,11-14,16-19,21,25,30H,5,10,15,20,22-23H2,1-4H3,(H,34,38)/t25-,30+/m1/s1. The number of benzene rings is 3. The molecule has 9 heteroatoms. The number of hydrogen-bond donors (Lipinski definition) is 1. The summed E-state index contributed by atoms with van der Waals surface area (Å²) in [5.74, 6) is -0.942. The van der Waals surface area contributed by atoms with Crippen molar-refractivity contribution < 1.29 is 22.4 Å². The number of anilines is 1. The van der Waals surface area contributed by atoms with E-state index in [1.54, 1.807) is 30.3 Å². The molecule has 220 valence electrons. The Bertz CT molecular complexity index is 1400. The van der Waals surface area contributed by atoms with Crippen molar-refractivity contribution in [3.05, 3.63) is 101 Å². The van der Waals surface area contributed by atoms with Crippen LogP contribution in [0, 0.1) is 12.7 Å². The van der Waals surface area contributed by atoms with E-state index in [0.717, 1.165) is 23.8 Å². The molecule has 0 unspecified atom stereocenters. The Morgan fingerprint density at radius 2 is 1.63 bits per heavy atom. The molecule has 0 fully saturated rings. The minimum absolute atomic E-state index is 0.0287. The van der Waals surface area contributed by atoms with Crippen molar-refractivity contribution in [2.24, 2.45) is 0 Å². The molecule has 0 saturated heterocycles. The Balaban J connectivity index is 1.89. The van der Waals surface area contributed by atoms with Crippen LogP contribution in [0.4, 0.5) is 10.1 Å². The van der Waals surface area contributed by atoms with Crippen LogP contribution in [0.15, 0.2) is 78.9 Å². The highest BCUT2D eigenvalue weighted by Gasteiger charge is 2.31. The molecule has 1 N–H and O–H groups in total. The molecule has 2 amide bonds. The number of carbonyl (C=O) groups excluding carboxylic acids is 2. The number of amides is 2. The van der Waals surface area contributed by atoms with Crippen LogP contribution in [0.25, 0.3) is 0 Å². The summed E-state index contributed by atoms with van der Waals surface area (Å²) in [5.41, 5.74) is 3.05. The van der Waals surface area contributed by atoms with Crippen LogP contribution in [0.1, 0.15) is 49.8 Å². The lowest BCUT2D eigenvalue weighted by Gasteiger charge is -2.32. The maximum absolute atomic E-state index is 13.8. The van der Waals surface area contributed by atoms with Crippen molar-refractivity contribution in [1.29, 1.82) is 0 Å². The second-order valence-electron chi connectivity index (χ2n) is 10.4. The summed E-state index contributed by atoms with van der Waals surface area (Å²) in [5, 5.41) is 3.02. The Morgan fingerprint density at radius 1 is 0.951 bits per heavy atom. The van der Waals surface area contributed by atoms with Gasteiger partial charge in [-0.25, -0.2) is 12.8 Å². The molecule has 2 atom stereocenters. The normalized spacial score (nSPS) is 12.8. The Hall–Kier alpha value is -3.72. The van der Waals surface area contributed by atoms with Gasteiger partial charge in [-0.05, 0) is 67.6 Å². The fraction of sp³-hybridized carbons (Fsp3) is 0.375. The largest absolute Gasteiger partial charge is 0.352 e. The molecule has 41 heavy (non-hydrogen) atoms. The van der Waals surface area contributed by atoms with E-state index in [9.17, 15) is 22.4 Å². The van der Waals surface area contributed by atoms with Gasteiger partial charge in [0.2, 0.25) is 21.8 Å². The summed E-state index contributed by atoms with van der Waals surface area (Å²) >= 11 is 0. The monoisotopic (exact) mass is 581 g/mol. The first-order valence-electron chi connectivity index (χ1n) is 13.9. The Kier molecular flexibility index (Phi) is 11.5. The quantitative estimate of drug-likeness (QED) is 0.282. The predicted octanol–water partition coefficient (Wildman–Crippen LogP) is 5.24. The lowest BCUT2D eigenvalue weighted by Crippen LogP contribution is -2.52. The van der Waals surface area contributed by atoms with Crippen LogP contribution in [0.3, 0.4) is 0 Å². The maximum atomic E-state index is 13.8. The lowest BCUT2D eigenvalue weighted by molar-refractivity contribution is -0.141. The van der Waals surface area contributed by atoms with Crippen molar-refractivity contribution in [2.75, 3.05) is 17.1 Å². The van der Waals surface area contributed by atoms with E-state index in [1.807, 2.05) is 57.2 Å². The van der Waals surface area contributed by atoms with Gasteiger partial charge in [0.1, 0.15) is 11.9 Å². The van der Waals surface area contributed by atoms with Crippen molar-refractivity contribution in [2.45, 2.75) is 65.1 Å². The fourth-order valence-corrected chi connectivity index (χ4v) is 5.53. The summed E-state index contributed by atoms with van der Waals surface area (Å²) in [6.45, 7) is 5.99. The zero-order chi connectivity index (χ0) is 30.0. The Labute approximate surface area is 243 Å². The number of nitrogens with zero attached hydrogens (tertiary/aromatic N) is 2. The molecule has 0 aliphatic rings. The smallest absolute Gasteiger partial charge is 0.243 e. The van der Waals surface area contributed by atoms with Gasteiger partial charge < -0.3 is 10.2 Å². The van der Waals surface area contributed by atoms with Crippen LogP contribution in [0.2, 0.25) is 0 Å². The van der Waals surface area contributed by atoms with Gasteiger partial charge in [-0.2, -0.15) is 0 Å². The van der Waals surface area contributed by atoms with Crippen molar-refractivity contribution in [3.63, 3.8) is 0 Å². The Morgan fingerprint density at radius 3 is 2.24 bits per heavy atom. The van der Waals surface area contributed by atoms with Crippen LogP contribution >= 0.6 is 0 Å². The van der Waals surface area contributed by atoms with Gasteiger partial charge in [0, 0.05) is 32.0 Å². The molecule has 0 heterocycles. The summed E-state index contributed by atoms with van der Waals surface area (Å²) in [4.78, 5) is 29.0. The lowest BCUT2D eigenvalue weighted by atomic mass is 10.0. The molecule has 0 aliphatic carbocycles. The van der Waals surface area contributed by atoms with Crippen molar-refractivity contribution in [1.82, 2.24) is 10.2 Å². The van der Waals surface area contributed by atoms with E-state index >= 15 is 0 Å². The van der Waals surface area contributed by atoms with Gasteiger partial charge in [0.15, 0.2) is 0 Å². The number of aryl methyl sites for hydroxylation is 1. The minimum Gasteiger partial charge on any atom is -0.352 e. The summed E-state index contributed by atoms with van der Waals surface area (Å²) < 4.78 is 40.1. The SMILES string of the molecule is CC[C@@H](C)NC(=O)[C@H](Cc1ccccc1)N(Cc1ccc(F)cc1)C(=O)CCCN(c1cccc(C)c1)S(C)(=O)=O. The van der Waals surface area contributed by atoms with Crippen LogP contribution < -0.4 is 9.62 Å². The zero-order valence-electron chi connectivity index (χ0n) is 24.2. The second-order valence-corrected chi connectivity index (χ2v) is 12.4. The number of nitrogens with one attached hydrogen (secondary N) is 1. The van der Waals surface area contributed by atoms with E-state index in [0.29, 0.717) is 17.7 Å². The summed E-state index contributed by atoms with van der Waals surface area (Å²) in [6, 6.07) is 21.7. The van der Waals surface area contributed by atoms with Gasteiger partial charge in [-0.3, -0.25) is 13.9 Å². The molecule has 0 bridgehead atoms. The van der Waals surface area contributed by atoms with Crippen molar-refractivity contribution in [3.8, 4) is 0 Å². The average molecular weight is 582 g/mol. The maximum Gasteiger partial charge on any atom is 0.243 e. The first-order chi connectivity index (χ1) is 19.5. The third kappa shape index (κ3) is 9.70. The van der Waals surface area contributed by atoms with Gasteiger partial charge in [0.25, 0.3) is 0 Å². The number of halogens is 1. The molecule has 0 spiro atoms. The highest BCUT2D eigenvalue weighted by molar-refractivity contribution is 7.92. The number of sulfonamides is 1. The van der Waals surface area contributed by atoms with E-state index in [2.05, 4.69) is 5.32 Å². The topological polar surface area (TPSA) is 86.8 Å². The average Bonchev–Trinajstić information content (AvgIpc) is 2.93. The third-order valence-corrected chi connectivity index (χ3v) is 8.17. The molecular formula is C32H40FN3O4S. The molecular weight excluding hydrogens is 541 g/mol. The highest BCUT2D eigenvalue weighted by atomic mass is 32.2. The van der Waals surface area contributed by atoms with Gasteiger partial charge >= 0.3 is 0 Å². The first-order valence-corrected chi connectivity index (χ1v) is 15.7. The number of carbonyl (C=O) groups is 2. The van der Waals surface area contributed by atoms with Crippen LogP contribution in [-0.2, 0) is 32.6 Å². The molecule has 0 aliphatic heterocycles. The van der Waals surface area contributed by atoms with Gasteiger partial charge in [-0.1, -0.05) is 61.5 Å². The highest BCUT2D eigenvalue weighted by Crippen LogP contribution is 2.21. The van der Waals surface area contributed by atoms with E-state index in [-0.39, 0.29) is 49.6 Å². The second kappa shape index (κ2) is 14.8. The molecule has 3 aromatic rings. The fourth-order valence-electron chi connectivity index (χ4n) is 4.57. The molecule has 0 saturated carbocycles. The summed E-state index contributed by atoms with van der Waals surface area (Å²) in [6.07, 6.45) is 2.46. The van der Waals surface area contributed by atoms with Gasteiger partial charge in [-0.15, -0.1) is 0 Å². The minimum atomic E-state index is -3.58. The van der Waals surface area contributed by atoms with Crippen LogP contribution in [-0.4, -0.2) is 50.0 Å². The first kappa shape index (κ1) is 31.8. The van der Waals surface area contributed by atoms with E-state index in [1.165, 1.54) is 21.3 Å². The van der Waals surface area contributed by atoms with Crippen LogP contribution in [0.5, 0.6) is 0 Å². The zero-order valence-corrected chi connectivity index (χ0v) is 25.0. The van der Waals surface area contributed by atoms with Crippen molar-refractivity contribution >= 4 is 27.5 Å². The van der Waals surface area contributed by atoms with E-state index < -0.39 is 16.1 Å². The number of rotatable bonds is 14. The van der Waals surface area contributed by atoms with Gasteiger partial charge in [0.05, 0.1) is 11.9 Å². The predicted molar refractivity (Wildman–Crippen MR) is 161 cm³/mol. The molecule has 3 aromatic carbocycles. The number of hydrogen-bond acceptors (Lipinski definition) is 4. The molecule has 0 radical (unpaired) electrons. The molecule has 3 rings (SSSR count). The molecule has 7 nitrogen and oxygen atoms in total. The van der Waals surface area contributed by atoms with E-state index in [4.69, 9.17) is 0 Å².